The molecule has 29 heavy (non-hydrogen) atoms. The van der Waals surface area contributed by atoms with Gasteiger partial charge in [-0.15, -0.1) is 0 Å². The first kappa shape index (κ1) is 21.6. The average molecular weight is 396 g/mol. The summed E-state index contributed by atoms with van der Waals surface area (Å²) in [6.07, 6.45) is 7.23. The molecular formula is C23H24O6. The molecule has 0 unspecified atom stereocenters. The number of hydrogen-bond donors (Lipinski definition) is 1. The van der Waals surface area contributed by atoms with Crippen molar-refractivity contribution in [3.8, 4) is 23.0 Å². The van der Waals surface area contributed by atoms with Crippen molar-refractivity contribution in [2.24, 2.45) is 0 Å². The Labute approximate surface area is 170 Å². The molecule has 0 spiro atoms. The van der Waals surface area contributed by atoms with Gasteiger partial charge in [0.05, 0.1) is 28.4 Å². The molecule has 2 aromatic rings. The first-order valence-electron chi connectivity index (χ1n) is 8.75. The second-order valence-electron chi connectivity index (χ2n) is 5.87. The number of aliphatic hydroxyl groups excluding tert-OH is 1. The summed E-state index contributed by atoms with van der Waals surface area (Å²) >= 11 is 0. The maximum absolute atomic E-state index is 12.1. The van der Waals surface area contributed by atoms with Crippen molar-refractivity contribution in [1.82, 2.24) is 0 Å². The number of benzene rings is 2. The lowest BCUT2D eigenvalue weighted by atomic mass is 10.1. The van der Waals surface area contributed by atoms with Crippen molar-refractivity contribution in [2.45, 2.75) is 0 Å². The van der Waals surface area contributed by atoms with Crippen LogP contribution >= 0.6 is 0 Å². The lowest BCUT2D eigenvalue weighted by Crippen LogP contribution is -1.91. The van der Waals surface area contributed by atoms with Gasteiger partial charge in [-0.05, 0) is 47.5 Å². The molecular weight excluding hydrogens is 372 g/mol. The highest BCUT2D eigenvalue weighted by atomic mass is 16.5. The predicted octanol–water partition coefficient (Wildman–Crippen LogP) is 4.46. The van der Waals surface area contributed by atoms with Crippen LogP contribution in [0.5, 0.6) is 23.0 Å². The molecule has 2 rings (SSSR count). The molecule has 0 aliphatic carbocycles. The molecule has 0 bridgehead atoms. The van der Waals surface area contributed by atoms with Crippen LogP contribution in [-0.2, 0) is 4.79 Å². The summed E-state index contributed by atoms with van der Waals surface area (Å²) in [5.74, 6) is 1.84. The zero-order valence-corrected chi connectivity index (χ0v) is 16.8. The lowest BCUT2D eigenvalue weighted by Gasteiger charge is -2.07. The van der Waals surface area contributed by atoms with Gasteiger partial charge in [-0.25, -0.2) is 0 Å². The van der Waals surface area contributed by atoms with Crippen molar-refractivity contribution < 1.29 is 28.8 Å². The van der Waals surface area contributed by atoms with E-state index in [0.717, 1.165) is 17.2 Å². The molecule has 0 saturated carbocycles. The van der Waals surface area contributed by atoms with Crippen molar-refractivity contribution in [3.05, 3.63) is 71.5 Å². The van der Waals surface area contributed by atoms with Crippen molar-refractivity contribution >= 4 is 17.9 Å². The number of rotatable bonds is 9. The van der Waals surface area contributed by atoms with E-state index in [1.807, 2.05) is 6.07 Å². The van der Waals surface area contributed by atoms with E-state index in [9.17, 15) is 9.90 Å². The molecule has 0 fully saturated rings. The standard InChI is InChI=1S/C23H24O6/c1-26-20-11-7-16(13-22(20)28-3)5-9-18(24)15-19(25)10-6-17-8-12-21(27-2)23(14-17)29-4/h5-15,24H,1-4H3/b9-5+,10-6-,18-15-. The van der Waals surface area contributed by atoms with Crippen LogP contribution < -0.4 is 18.9 Å². The Bertz CT molecular complexity index is 940. The predicted molar refractivity (Wildman–Crippen MR) is 113 cm³/mol. The van der Waals surface area contributed by atoms with Crippen LogP contribution in [0.1, 0.15) is 11.1 Å². The van der Waals surface area contributed by atoms with Crippen LogP contribution in [0.4, 0.5) is 0 Å². The number of carbonyl (C=O) groups is 1. The van der Waals surface area contributed by atoms with Gasteiger partial charge in [0.25, 0.3) is 0 Å². The fraction of sp³-hybridized carbons (Fsp3) is 0.174. The van der Waals surface area contributed by atoms with E-state index < -0.39 is 0 Å². The molecule has 0 radical (unpaired) electrons. The summed E-state index contributed by atoms with van der Waals surface area (Å²) < 4.78 is 20.8. The fourth-order valence-corrected chi connectivity index (χ4v) is 2.51. The number of ether oxygens (including phenoxy) is 4. The van der Waals surface area contributed by atoms with Crippen LogP contribution in [0, 0.1) is 0 Å². The van der Waals surface area contributed by atoms with Gasteiger partial charge in [-0.3, -0.25) is 4.79 Å². The summed E-state index contributed by atoms with van der Waals surface area (Å²) in [6.45, 7) is 0. The van der Waals surface area contributed by atoms with Crippen LogP contribution in [0.25, 0.3) is 12.2 Å². The molecule has 0 saturated heterocycles. The number of ketones is 1. The smallest absolute Gasteiger partial charge is 0.182 e. The van der Waals surface area contributed by atoms with Crippen molar-refractivity contribution in [3.63, 3.8) is 0 Å². The Kier molecular flexibility index (Phi) is 7.91. The number of methoxy groups -OCH3 is 4. The highest BCUT2D eigenvalue weighted by Gasteiger charge is 2.04. The first-order chi connectivity index (χ1) is 14.0. The Morgan fingerprint density at radius 1 is 0.724 bits per heavy atom. The maximum Gasteiger partial charge on any atom is 0.182 e. The van der Waals surface area contributed by atoms with E-state index in [1.165, 1.54) is 12.2 Å². The van der Waals surface area contributed by atoms with Crippen LogP contribution in [-0.4, -0.2) is 39.3 Å². The molecule has 152 valence electrons. The van der Waals surface area contributed by atoms with E-state index >= 15 is 0 Å². The first-order valence-corrected chi connectivity index (χ1v) is 8.75. The Hall–Kier alpha value is -3.67. The summed E-state index contributed by atoms with van der Waals surface area (Å²) in [5.41, 5.74) is 1.56. The largest absolute Gasteiger partial charge is 0.508 e. The zero-order valence-electron chi connectivity index (χ0n) is 16.8. The lowest BCUT2D eigenvalue weighted by molar-refractivity contribution is -0.110. The summed E-state index contributed by atoms with van der Waals surface area (Å²) in [5, 5.41) is 9.98. The quantitative estimate of drug-likeness (QED) is 0.383. The van der Waals surface area contributed by atoms with Gasteiger partial charge in [0.2, 0.25) is 0 Å². The van der Waals surface area contributed by atoms with Gasteiger partial charge in [-0.1, -0.05) is 24.3 Å². The fourth-order valence-electron chi connectivity index (χ4n) is 2.51. The Morgan fingerprint density at radius 2 is 1.17 bits per heavy atom. The number of allylic oxidation sites excluding steroid dienone is 3. The van der Waals surface area contributed by atoms with E-state index in [-0.39, 0.29) is 11.5 Å². The third-order valence-corrected chi connectivity index (χ3v) is 3.99. The van der Waals surface area contributed by atoms with Crippen LogP contribution in [0.2, 0.25) is 0 Å². The Balaban J connectivity index is 2.06. The molecule has 0 heterocycles. The molecule has 6 nitrogen and oxygen atoms in total. The van der Waals surface area contributed by atoms with E-state index in [4.69, 9.17) is 18.9 Å². The molecule has 1 N–H and O–H groups in total. The minimum atomic E-state index is -0.353. The third-order valence-electron chi connectivity index (χ3n) is 3.99. The van der Waals surface area contributed by atoms with Gasteiger partial charge >= 0.3 is 0 Å². The minimum absolute atomic E-state index is 0.165. The second-order valence-corrected chi connectivity index (χ2v) is 5.87. The summed E-state index contributed by atoms with van der Waals surface area (Å²) in [7, 11) is 6.21. The highest BCUT2D eigenvalue weighted by molar-refractivity contribution is 6.02. The van der Waals surface area contributed by atoms with Crippen LogP contribution in [0.15, 0.2) is 60.4 Å². The summed E-state index contributed by atoms with van der Waals surface area (Å²) in [4.78, 5) is 12.1. The molecule has 0 atom stereocenters. The molecule has 0 aliphatic rings. The molecule has 0 aromatic heterocycles. The molecule has 6 heteroatoms. The molecule has 0 amide bonds. The number of carbonyl (C=O) groups excluding carboxylic acids is 1. The molecule has 0 aliphatic heterocycles. The molecule has 2 aromatic carbocycles. The number of aliphatic hydroxyl groups is 1. The topological polar surface area (TPSA) is 74.2 Å². The minimum Gasteiger partial charge on any atom is -0.508 e. The SMILES string of the molecule is COc1ccc(/C=C\C(=O)/C=C(O)/C=C/c2ccc(OC)c(OC)c2)cc1OC. The number of hydrogen-bond acceptors (Lipinski definition) is 6. The van der Waals surface area contributed by atoms with Gasteiger partial charge < -0.3 is 24.1 Å². The van der Waals surface area contributed by atoms with E-state index in [2.05, 4.69) is 0 Å². The van der Waals surface area contributed by atoms with E-state index in [0.29, 0.717) is 23.0 Å². The van der Waals surface area contributed by atoms with Crippen molar-refractivity contribution in [1.29, 1.82) is 0 Å². The van der Waals surface area contributed by atoms with Gasteiger partial charge in [-0.2, -0.15) is 0 Å². The van der Waals surface area contributed by atoms with Crippen LogP contribution in [0.3, 0.4) is 0 Å². The van der Waals surface area contributed by atoms with Gasteiger partial charge in [0, 0.05) is 6.08 Å². The van der Waals surface area contributed by atoms with Crippen molar-refractivity contribution in [2.75, 3.05) is 28.4 Å². The normalized spacial score (nSPS) is 11.7. The highest BCUT2D eigenvalue weighted by Crippen LogP contribution is 2.29. The van der Waals surface area contributed by atoms with Gasteiger partial charge in [0.15, 0.2) is 28.8 Å². The maximum atomic E-state index is 12.1. The van der Waals surface area contributed by atoms with Gasteiger partial charge in [0.1, 0.15) is 5.76 Å². The third kappa shape index (κ3) is 6.17. The Morgan fingerprint density at radius 3 is 1.62 bits per heavy atom. The average Bonchev–Trinajstić information content (AvgIpc) is 2.75. The zero-order chi connectivity index (χ0) is 21.2. The monoisotopic (exact) mass is 396 g/mol. The summed E-state index contributed by atoms with van der Waals surface area (Å²) in [6, 6.07) is 10.6. The second kappa shape index (κ2) is 10.6. The van der Waals surface area contributed by atoms with E-state index in [1.54, 1.807) is 70.9 Å².